The molecule has 1 saturated heterocycles. The molecule has 16 heavy (non-hydrogen) atoms. The van der Waals surface area contributed by atoms with Gasteiger partial charge in [0, 0.05) is 15.8 Å². The van der Waals surface area contributed by atoms with Gasteiger partial charge in [0.25, 0.3) is 0 Å². The van der Waals surface area contributed by atoms with Crippen LogP contribution in [-0.2, 0) is 9.84 Å². The summed E-state index contributed by atoms with van der Waals surface area (Å²) in [6.07, 6.45) is 2.00. The van der Waals surface area contributed by atoms with E-state index in [0.29, 0.717) is 18.4 Å². The molecular formula is C11H14O3S2. The van der Waals surface area contributed by atoms with Gasteiger partial charge in [0.1, 0.15) is 5.25 Å². The normalized spacial score (nSPS) is 24.2. The van der Waals surface area contributed by atoms with E-state index in [-0.39, 0.29) is 11.5 Å². The smallest absolute Gasteiger partial charge is 0.181 e. The number of thiophene rings is 1. The van der Waals surface area contributed by atoms with Crippen molar-refractivity contribution in [3.63, 3.8) is 0 Å². The fourth-order valence-electron chi connectivity index (χ4n) is 2.01. The van der Waals surface area contributed by atoms with Crippen LogP contribution in [0.1, 0.15) is 34.5 Å². The third-order valence-corrected chi connectivity index (χ3v) is 5.92. The minimum Gasteiger partial charge on any atom is -0.293 e. The van der Waals surface area contributed by atoms with Crippen molar-refractivity contribution in [1.29, 1.82) is 0 Å². The van der Waals surface area contributed by atoms with Crippen LogP contribution in [-0.4, -0.2) is 25.2 Å². The van der Waals surface area contributed by atoms with Crippen LogP contribution in [0.25, 0.3) is 0 Å². The van der Waals surface area contributed by atoms with E-state index in [9.17, 15) is 13.2 Å². The van der Waals surface area contributed by atoms with Gasteiger partial charge in [-0.15, -0.1) is 11.3 Å². The van der Waals surface area contributed by atoms with Crippen molar-refractivity contribution in [2.75, 3.05) is 5.75 Å². The average Bonchev–Trinajstić information content (AvgIpc) is 2.63. The number of aryl methyl sites for hydroxylation is 1. The second-order valence-corrected chi connectivity index (χ2v) is 7.58. The predicted octanol–water partition coefficient (Wildman–Crippen LogP) is 2.21. The number of hydrogen-bond acceptors (Lipinski definition) is 4. The van der Waals surface area contributed by atoms with Crippen molar-refractivity contribution in [2.45, 2.75) is 31.4 Å². The Morgan fingerprint density at radius 3 is 2.75 bits per heavy atom. The van der Waals surface area contributed by atoms with Crippen molar-refractivity contribution in [2.24, 2.45) is 0 Å². The molecular weight excluding hydrogens is 244 g/mol. The lowest BCUT2D eigenvalue weighted by molar-refractivity contribution is 0.0982. The molecule has 0 N–H and O–H groups in total. The molecule has 1 aliphatic heterocycles. The Bertz CT molecular complexity index is 499. The molecule has 1 unspecified atom stereocenters. The average molecular weight is 258 g/mol. The van der Waals surface area contributed by atoms with Crippen LogP contribution in [0.2, 0.25) is 0 Å². The molecule has 0 saturated carbocycles. The van der Waals surface area contributed by atoms with Crippen molar-refractivity contribution < 1.29 is 13.2 Å². The summed E-state index contributed by atoms with van der Waals surface area (Å²) in [7, 11) is -3.21. The van der Waals surface area contributed by atoms with E-state index in [1.807, 2.05) is 6.92 Å². The Kier molecular flexibility index (Phi) is 3.17. The molecule has 0 aliphatic carbocycles. The first-order valence-electron chi connectivity index (χ1n) is 5.31. The number of carbonyl (C=O) groups excluding carboxylic acids is 1. The molecule has 0 amide bonds. The zero-order valence-electron chi connectivity index (χ0n) is 9.10. The Morgan fingerprint density at radius 1 is 1.44 bits per heavy atom. The van der Waals surface area contributed by atoms with Gasteiger partial charge < -0.3 is 0 Å². The van der Waals surface area contributed by atoms with Gasteiger partial charge in [-0.3, -0.25) is 4.79 Å². The van der Waals surface area contributed by atoms with Crippen LogP contribution in [0.4, 0.5) is 0 Å². The fourth-order valence-corrected chi connectivity index (χ4v) is 4.58. The van der Waals surface area contributed by atoms with Gasteiger partial charge >= 0.3 is 0 Å². The molecule has 2 heterocycles. The Balaban J connectivity index is 2.28. The second-order valence-electron chi connectivity index (χ2n) is 4.16. The number of rotatable bonds is 2. The van der Waals surface area contributed by atoms with E-state index < -0.39 is 15.1 Å². The molecule has 0 aromatic carbocycles. The van der Waals surface area contributed by atoms with E-state index in [2.05, 4.69) is 0 Å². The molecule has 0 spiro atoms. The van der Waals surface area contributed by atoms with Gasteiger partial charge in [0.05, 0.1) is 5.75 Å². The number of ketones is 1. The van der Waals surface area contributed by atoms with E-state index >= 15 is 0 Å². The van der Waals surface area contributed by atoms with Gasteiger partial charge in [0.2, 0.25) is 0 Å². The molecule has 1 aliphatic rings. The lowest BCUT2D eigenvalue weighted by Gasteiger charge is -2.20. The SMILES string of the molecule is Cc1cc(C(=O)C2CCCCS2(=O)=O)cs1. The highest BCUT2D eigenvalue weighted by atomic mass is 32.2. The quantitative estimate of drug-likeness (QED) is 0.764. The second kappa shape index (κ2) is 4.30. The number of sulfone groups is 1. The highest BCUT2D eigenvalue weighted by Crippen LogP contribution is 2.24. The summed E-state index contributed by atoms with van der Waals surface area (Å²) in [4.78, 5) is 13.1. The molecule has 1 aromatic rings. The zero-order chi connectivity index (χ0) is 11.8. The minimum absolute atomic E-state index is 0.159. The third-order valence-electron chi connectivity index (χ3n) is 2.89. The van der Waals surface area contributed by atoms with Crippen LogP contribution in [0.15, 0.2) is 11.4 Å². The maximum Gasteiger partial charge on any atom is 0.181 e. The highest BCUT2D eigenvalue weighted by molar-refractivity contribution is 7.92. The topological polar surface area (TPSA) is 51.2 Å². The minimum atomic E-state index is -3.21. The van der Waals surface area contributed by atoms with Crippen molar-refractivity contribution in [3.05, 3.63) is 21.9 Å². The number of hydrogen-bond donors (Lipinski definition) is 0. The summed E-state index contributed by atoms with van der Waals surface area (Å²) >= 11 is 1.48. The van der Waals surface area contributed by atoms with E-state index in [0.717, 1.165) is 11.3 Å². The Hall–Kier alpha value is -0.680. The monoisotopic (exact) mass is 258 g/mol. The number of carbonyl (C=O) groups is 1. The van der Waals surface area contributed by atoms with E-state index in [4.69, 9.17) is 0 Å². The third kappa shape index (κ3) is 2.20. The fraction of sp³-hybridized carbons (Fsp3) is 0.545. The Labute approximate surface area is 99.4 Å². The van der Waals surface area contributed by atoms with Crippen LogP contribution < -0.4 is 0 Å². The summed E-state index contributed by atoms with van der Waals surface area (Å²) in [5.41, 5.74) is 0.554. The number of Topliss-reactive ketones (excluding diaryl/α,β-unsaturated/α-hetero) is 1. The first-order chi connectivity index (χ1) is 7.50. The zero-order valence-corrected chi connectivity index (χ0v) is 10.7. The standard InChI is InChI=1S/C11H14O3S2/c1-8-6-9(7-15-8)11(12)10-4-2-3-5-16(10,13)14/h6-7,10H,2-5H2,1H3. The molecule has 1 aromatic heterocycles. The first kappa shape index (κ1) is 11.8. The van der Waals surface area contributed by atoms with Gasteiger partial charge in [-0.1, -0.05) is 6.42 Å². The molecule has 2 rings (SSSR count). The van der Waals surface area contributed by atoms with E-state index in [1.165, 1.54) is 11.3 Å². The van der Waals surface area contributed by atoms with Crippen LogP contribution >= 0.6 is 11.3 Å². The molecule has 0 radical (unpaired) electrons. The summed E-state index contributed by atoms with van der Waals surface area (Å²) < 4.78 is 23.6. The van der Waals surface area contributed by atoms with E-state index in [1.54, 1.807) is 11.4 Å². The Morgan fingerprint density at radius 2 is 2.19 bits per heavy atom. The lowest BCUT2D eigenvalue weighted by atomic mass is 10.1. The first-order valence-corrected chi connectivity index (χ1v) is 7.91. The van der Waals surface area contributed by atoms with Crippen molar-refractivity contribution in [1.82, 2.24) is 0 Å². The largest absolute Gasteiger partial charge is 0.293 e. The molecule has 1 atom stereocenters. The summed E-state index contributed by atoms with van der Waals surface area (Å²) in [5.74, 6) is -0.0592. The maximum atomic E-state index is 12.1. The highest BCUT2D eigenvalue weighted by Gasteiger charge is 2.35. The molecule has 1 fully saturated rings. The molecule has 3 nitrogen and oxygen atoms in total. The summed E-state index contributed by atoms with van der Waals surface area (Å²) in [6, 6.07) is 1.77. The van der Waals surface area contributed by atoms with Gasteiger partial charge in [-0.05, 0) is 25.8 Å². The van der Waals surface area contributed by atoms with Crippen molar-refractivity contribution >= 4 is 27.0 Å². The lowest BCUT2D eigenvalue weighted by Crippen LogP contribution is -2.35. The van der Waals surface area contributed by atoms with Gasteiger partial charge in [0.15, 0.2) is 15.6 Å². The molecule has 0 bridgehead atoms. The van der Waals surface area contributed by atoms with Crippen LogP contribution in [0, 0.1) is 6.92 Å². The van der Waals surface area contributed by atoms with Gasteiger partial charge in [-0.2, -0.15) is 0 Å². The van der Waals surface area contributed by atoms with Crippen LogP contribution in [0.5, 0.6) is 0 Å². The summed E-state index contributed by atoms with van der Waals surface area (Å²) in [6.45, 7) is 1.91. The van der Waals surface area contributed by atoms with Crippen LogP contribution in [0.3, 0.4) is 0 Å². The molecule has 88 valence electrons. The maximum absolute atomic E-state index is 12.1. The summed E-state index contributed by atoms with van der Waals surface area (Å²) in [5, 5.41) is 0.956. The predicted molar refractivity (Wildman–Crippen MR) is 64.8 cm³/mol. The van der Waals surface area contributed by atoms with Gasteiger partial charge in [-0.25, -0.2) is 8.42 Å². The molecule has 5 heteroatoms. The van der Waals surface area contributed by atoms with Crippen molar-refractivity contribution in [3.8, 4) is 0 Å².